The van der Waals surface area contributed by atoms with Gasteiger partial charge in [0.05, 0.1) is 0 Å². The lowest BCUT2D eigenvalue weighted by molar-refractivity contribution is -0.135. The zero-order valence-corrected chi connectivity index (χ0v) is 22.7. The van der Waals surface area contributed by atoms with Crippen molar-refractivity contribution in [3.63, 3.8) is 0 Å². The molecule has 2 aromatic heterocycles. The number of carbonyl (C=O) groups excluding carboxylic acids is 1. The second-order valence-corrected chi connectivity index (χ2v) is 10.6. The largest absolute Gasteiger partial charge is 0.405 e. The molecule has 1 fully saturated rings. The number of aryl methyl sites for hydroxylation is 1. The van der Waals surface area contributed by atoms with E-state index in [1.54, 1.807) is 18.3 Å². The Balaban J connectivity index is 1.65. The van der Waals surface area contributed by atoms with E-state index in [4.69, 9.17) is 0 Å². The molecule has 1 aliphatic heterocycles. The number of amides is 1. The molecule has 0 unspecified atom stereocenters. The minimum Gasteiger partial charge on any atom is -0.360 e. The molecule has 2 N–H and O–H groups in total. The summed E-state index contributed by atoms with van der Waals surface area (Å²) in [6.07, 6.45) is 3.99. The number of benzene rings is 1. The van der Waals surface area contributed by atoms with Crippen LogP contribution in [0.4, 0.5) is 18.9 Å². The zero-order valence-electron chi connectivity index (χ0n) is 21.9. The fourth-order valence-corrected chi connectivity index (χ4v) is 5.92. The first-order chi connectivity index (χ1) is 18.6. The molecule has 0 atom stereocenters. The number of fused-ring (bicyclic) bond motifs is 1. The van der Waals surface area contributed by atoms with Crippen LogP contribution in [-0.2, 0) is 24.9 Å². The zero-order chi connectivity index (χ0) is 28.2. The lowest BCUT2D eigenvalue weighted by Crippen LogP contribution is -2.37. The van der Waals surface area contributed by atoms with Gasteiger partial charge in [0.2, 0.25) is 0 Å². The quantitative estimate of drug-likeness (QED) is 0.464. The molecule has 12 heteroatoms. The third-order valence-electron chi connectivity index (χ3n) is 6.76. The Labute approximate surface area is 227 Å². The molecular formula is C27H31F3N6O2S. The van der Waals surface area contributed by atoms with Crippen molar-refractivity contribution in [1.29, 1.82) is 5.26 Å². The summed E-state index contributed by atoms with van der Waals surface area (Å²) in [5.74, 6) is -1.18. The highest BCUT2D eigenvalue weighted by molar-refractivity contribution is 7.07. The number of rotatable bonds is 7. The van der Waals surface area contributed by atoms with Crippen LogP contribution in [0.15, 0.2) is 29.2 Å². The molecule has 8 nitrogen and oxygen atoms in total. The minimum absolute atomic E-state index is 0.0102. The van der Waals surface area contributed by atoms with Crippen molar-refractivity contribution in [1.82, 2.24) is 19.4 Å². The fraction of sp³-hybridized carbons (Fsp3) is 0.444. The van der Waals surface area contributed by atoms with E-state index in [9.17, 15) is 28.0 Å². The summed E-state index contributed by atoms with van der Waals surface area (Å²) in [5, 5.41) is 15.5. The number of anilines is 1. The molecule has 0 spiro atoms. The summed E-state index contributed by atoms with van der Waals surface area (Å²) >= 11 is 0.880. The van der Waals surface area contributed by atoms with E-state index in [2.05, 4.69) is 21.0 Å². The first kappa shape index (κ1) is 28.4. The van der Waals surface area contributed by atoms with Gasteiger partial charge in [0.25, 0.3) is 11.5 Å². The summed E-state index contributed by atoms with van der Waals surface area (Å²) < 4.78 is 41.2. The van der Waals surface area contributed by atoms with Gasteiger partial charge in [0.1, 0.15) is 21.8 Å². The molecule has 1 aliphatic rings. The predicted molar refractivity (Wildman–Crippen MR) is 146 cm³/mol. The van der Waals surface area contributed by atoms with Crippen molar-refractivity contribution in [3.8, 4) is 6.07 Å². The van der Waals surface area contributed by atoms with Gasteiger partial charge in [-0.05, 0) is 56.6 Å². The van der Waals surface area contributed by atoms with Crippen LogP contribution >= 0.6 is 11.3 Å². The average molecular weight is 561 g/mol. The molecule has 3 aromatic rings. The van der Waals surface area contributed by atoms with E-state index in [0.29, 0.717) is 0 Å². The normalized spacial score (nSPS) is 16.2. The molecule has 1 amide bonds. The number of carbonyl (C=O) groups is 1. The maximum atomic E-state index is 13.0. The lowest BCUT2D eigenvalue weighted by atomic mass is 10.1. The van der Waals surface area contributed by atoms with Crippen molar-refractivity contribution in [2.24, 2.45) is 7.05 Å². The summed E-state index contributed by atoms with van der Waals surface area (Å²) in [6, 6.07) is 7.60. The fourth-order valence-electron chi connectivity index (χ4n) is 4.83. The van der Waals surface area contributed by atoms with Crippen LogP contribution < -0.4 is 25.4 Å². The molecule has 3 heterocycles. The summed E-state index contributed by atoms with van der Waals surface area (Å²) in [7, 11) is 2.02. The second kappa shape index (κ2) is 12.1. The van der Waals surface area contributed by atoms with Gasteiger partial charge in [-0.25, -0.2) is 0 Å². The van der Waals surface area contributed by atoms with Gasteiger partial charge in [0, 0.05) is 49.1 Å². The first-order valence-electron chi connectivity index (χ1n) is 12.9. The number of hydrogen-bond acceptors (Lipinski definition) is 6. The number of nitrogens with zero attached hydrogens (tertiary/aromatic N) is 4. The van der Waals surface area contributed by atoms with E-state index in [-0.39, 0.29) is 15.7 Å². The van der Waals surface area contributed by atoms with Gasteiger partial charge < -0.3 is 15.2 Å². The van der Waals surface area contributed by atoms with Crippen molar-refractivity contribution >= 4 is 45.6 Å². The summed E-state index contributed by atoms with van der Waals surface area (Å²) in [6.45, 7) is 3.27. The average Bonchev–Trinajstić information content (AvgIpc) is 3.22. The molecule has 1 saturated heterocycles. The number of hydrogen-bond donors (Lipinski definition) is 2. The number of halogens is 3. The van der Waals surface area contributed by atoms with Gasteiger partial charge in [-0.3, -0.25) is 19.1 Å². The van der Waals surface area contributed by atoms with Crippen LogP contribution in [0.25, 0.3) is 22.7 Å². The monoisotopic (exact) mass is 560 g/mol. The molecule has 0 aliphatic carbocycles. The molecular weight excluding hydrogens is 529 g/mol. The number of thiazole rings is 1. The maximum Gasteiger partial charge on any atom is 0.405 e. The smallest absolute Gasteiger partial charge is 0.360 e. The van der Waals surface area contributed by atoms with E-state index < -0.39 is 29.8 Å². The minimum atomic E-state index is -4.62. The molecule has 0 bridgehead atoms. The van der Waals surface area contributed by atoms with Crippen molar-refractivity contribution in [2.75, 3.05) is 25.0 Å². The van der Waals surface area contributed by atoms with Crippen molar-refractivity contribution in [2.45, 2.75) is 51.9 Å². The number of alkyl halides is 3. The SMILES string of the molecule is CCn1c(=O)/c(=C/Nc2ccc3c(c2)c(CN2CCCCCC2)cn3C)s/c1=C(\C#N)C(=O)NCC(F)(F)F. The highest BCUT2D eigenvalue weighted by atomic mass is 32.1. The summed E-state index contributed by atoms with van der Waals surface area (Å²) in [5.41, 5.74) is 2.10. The number of likely N-dealkylation sites (tertiary alicyclic amines) is 1. The van der Waals surface area contributed by atoms with E-state index in [1.807, 2.05) is 25.2 Å². The van der Waals surface area contributed by atoms with Crippen molar-refractivity contribution < 1.29 is 18.0 Å². The standard InChI is InChI=1S/C27H31F3N6O2S/c1-3-36-25(38)23(39-26(36)21(13-31)24(37)33-17-27(28,29)30)14-32-19-8-9-22-20(12-19)18(15-34(22)2)16-35-10-6-4-5-7-11-35/h8-9,12,14-15,32H,3-7,10-11,16-17H2,1-2H3,(H,33,37)/b23-14-,26-21+. The Kier molecular flexibility index (Phi) is 8.82. The van der Waals surface area contributed by atoms with Crippen LogP contribution in [0, 0.1) is 11.3 Å². The van der Waals surface area contributed by atoms with Crippen LogP contribution in [0.1, 0.15) is 38.2 Å². The van der Waals surface area contributed by atoms with E-state index >= 15 is 0 Å². The van der Waals surface area contributed by atoms with Crippen LogP contribution in [-0.4, -0.2) is 45.8 Å². The number of nitrogens with one attached hydrogen (secondary N) is 2. The lowest BCUT2D eigenvalue weighted by Gasteiger charge is -2.19. The topological polar surface area (TPSA) is 95.1 Å². The Hall–Kier alpha value is -3.56. The molecule has 39 heavy (non-hydrogen) atoms. The second-order valence-electron chi connectivity index (χ2n) is 9.58. The van der Waals surface area contributed by atoms with Crippen LogP contribution in [0.5, 0.6) is 0 Å². The maximum absolute atomic E-state index is 13.0. The van der Waals surface area contributed by atoms with Gasteiger partial charge in [0.15, 0.2) is 5.57 Å². The van der Waals surface area contributed by atoms with Gasteiger partial charge >= 0.3 is 6.18 Å². The number of nitriles is 1. The van der Waals surface area contributed by atoms with E-state index in [1.165, 1.54) is 42.0 Å². The molecule has 4 rings (SSSR count). The molecule has 0 radical (unpaired) electrons. The van der Waals surface area contributed by atoms with Gasteiger partial charge in [-0.2, -0.15) is 18.4 Å². The van der Waals surface area contributed by atoms with Crippen LogP contribution in [0.2, 0.25) is 0 Å². The molecule has 208 valence electrons. The Morgan fingerprint density at radius 2 is 1.92 bits per heavy atom. The van der Waals surface area contributed by atoms with Crippen LogP contribution in [0.3, 0.4) is 0 Å². The van der Waals surface area contributed by atoms with Gasteiger partial charge in [-0.1, -0.05) is 12.8 Å². The highest BCUT2D eigenvalue weighted by Crippen LogP contribution is 2.26. The predicted octanol–water partition coefficient (Wildman–Crippen LogP) is 3.00. The molecule has 1 aromatic carbocycles. The van der Waals surface area contributed by atoms with E-state index in [0.717, 1.165) is 47.6 Å². The highest BCUT2D eigenvalue weighted by Gasteiger charge is 2.29. The van der Waals surface area contributed by atoms with Gasteiger partial charge in [-0.15, -0.1) is 11.3 Å². The molecule has 0 saturated carbocycles. The first-order valence-corrected chi connectivity index (χ1v) is 13.7. The third-order valence-corrected chi connectivity index (χ3v) is 7.89. The third kappa shape index (κ3) is 6.72. The number of aromatic nitrogens is 2. The Bertz CT molecular complexity index is 1570. The van der Waals surface area contributed by atoms with Crippen molar-refractivity contribution in [3.05, 3.63) is 49.5 Å². The Morgan fingerprint density at radius 3 is 2.56 bits per heavy atom. The summed E-state index contributed by atoms with van der Waals surface area (Å²) in [4.78, 5) is 27.8. The Morgan fingerprint density at radius 1 is 1.21 bits per heavy atom.